The van der Waals surface area contributed by atoms with Crippen molar-refractivity contribution in [3.05, 3.63) is 52.3 Å². The van der Waals surface area contributed by atoms with Gasteiger partial charge in [0.25, 0.3) is 0 Å². The molecular formula is C15H19BrFN3. The van der Waals surface area contributed by atoms with E-state index in [9.17, 15) is 4.39 Å². The number of nitrogens with one attached hydrogen (secondary N) is 1. The maximum Gasteiger partial charge on any atom is 0.128 e. The van der Waals surface area contributed by atoms with Crippen molar-refractivity contribution in [2.45, 2.75) is 26.9 Å². The van der Waals surface area contributed by atoms with Gasteiger partial charge in [0.05, 0.1) is 18.6 Å². The molecule has 5 heteroatoms. The zero-order valence-corrected chi connectivity index (χ0v) is 13.3. The van der Waals surface area contributed by atoms with Crippen LogP contribution < -0.4 is 5.32 Å². The Hall–Kier alpha value is -1.20. The first-order valence-electron chi connectivity index (χ1n) is 6.70. The van der Waals surface area contributed by atoms with Crippen LogP contribution >= 0.6 is 15.9 Å². The van der Waals surface area contributed by atoms with Gasteiger partial charge in [-0.15, -0.1) is 0 Å². The largest absolute Gasteiger partial charge is 0.333 e. The molecular weight excluding hydrogens is 321 g/mol. The minimum absolute atomic E-state index is 0.193. The molecule has 1 heterocycles. The van der Waals surface area contributed by atoms with Crippen LogP contribution in [0.5, 0.6) is 0 Å². The zero-order chi connectivity index (χ0) is 14.5. The Bertz CT molecular complexity index is 566. The first kappa shape index (κ1) is 15.2. The third-order valence-corrected chi connectivity index (χ3v) is 3.40. The van der Waals surface area contributed by atoms with E-state index in [0.717, 1.165) is 23.3 Å². The summed E-state index contributed by atoms with van der Waals surface area (Å²) in [7, 11) is 0. The minimum Gasteiger partial charge on any atom is -0.333 e. The summed E-state index contributed by atoms with van der Waals surface area (Å²) in [5.41, 5.74) is 1.62. The highest BCUT2D eigenvalue weighted by Crippen LogP contribution is 2.16. The van der Waals surface area contributed by atoms with Crippen LogP contribution in [0.2, 0.25) is 0 Å². The maximum atomic E-state index is 13.7. The average Bonchev–Trinajstić information content (AvgIpc) is 2.81. The molecule has 0 saturated carbocycles. The van der Waals surface area contributed by atoms with E-state index in [1.54, 1.807) is 18.5 Å². The van der Waals surface area contributed by atoms with Crippen LogP contribution in [-0.2, 0) is 13.1 Å². The van der Waals surface area contributed by atoms with E-state index >= 15 is 0 Å². The molecule has 0 spiro atoms. The lowest BCUT2D eigenvalue weighted by atomic mass is 10.2. The number of hydrogen-bond acceptors (Lipinski definition) is 2. The standard InChI is InChI=1S/C15H19BrFN3/c1-11(2)6-18-7-14-9-20(10-19-14)8-12-5-13(16)3-4-15(12)17/h3-5,9-11,18H,6-8H2,1-2H3. The van der Waals surface area contributed by atoms with Crippen LogP contribution in [-0.4, -0.2) is 16.1 Å². The molecule has 0 aliphatic rings. The van der Waals surface area contributed by atoms with E-state index in [1.807, 2.05) is 10.8 Å². The number of rotatable bonds is 6. The fourth-order valence-corrected chi connectivity index (χ4v) is 2.34. The summed E-state index contributed by atoms with van der Waals surface area (Å²) in [5.74, 6) is 0.425. The lowest BCUT2D eigenvalue weighted by Crippen LogP contribution is -2.19. The van der Waals surface area contributed by atoms with E-state index in [-0.39, 0.29) is 5.82 Å². The van der Waals surface area contributed by atoms with Gasteiger partial charge in [0.15, 0.2) is 0 Å². The van der Waals surface area contributed by atoms with Crippen molar-refractivity contribution in [2.75, 3.05) is 6.54 Å². The van der Waals surface area contributed by atoms with Gasteiger partial charge in [0.2, 0.25) is 0 Å². The van der Waals surface area contributed by atoms with Gasteiger partial charge in [-0.2, -0.15) is 0 Å². The molecule has 0 amide bonds. The summed E-state index contributed by atoms with van der Waals surface area (Å²) in [6, 6.07) is 4.97. The molecule has 0 radical (unpaired) electrons. The number of imidazole rings is 1. The zero-order valence-electron chi connectivity index (χ0n) is 11.7. The van der Waals surface area contributed by atoms with Crippen LogP contribution in [0.25, 0.3) is 0 Å². The van der Waals surface area contributed by atoms with E-state index < -0.39 is 0 Å². The Balaban J connectivity index is 1.97. The van der Waals surface area contributed by atoms with Crippen molar-refractivity contribution in [1.29, 1.82) is 0 Å². The topological polar surface area (TPSA) is 29.9 Å². The Kier molecular flexibility index (Phi) is 5.31. The van der Waals surface area contributed by atoms with Gasteiger partial charge in [0.1, 0.15) is 5.82 Å². The molecule has 20 heavy (non-hydrogen) atoms. The van der Waals surface area contributed by atoms with Crippen molar-refractivity contribution < 1.29 is 4.39 Å². The number of aromatic nitrogens is 2. The van der Waals surface area contributed by atoms with Gasteiger partial charge in [-0.1, -0.05) is 29.8 Å². The average molecular weight is 340 g/mol. The molecule has 1 aromatic carbocycles. The van der Waals surface area contributed by atoms with Gasteiger partial charge in [-0.25, -0.2) is 9.37 Å². The molecule has 1 N–H and O–H groups in total. The van der Waals surface area contributed by atoms with Gasteiger partial charge < -0.3 is 9.88 Å². The highest BCUT2D eigenvalue weighted by Gasteiger charge is 2.05. The predicted molar refractivity (Wildman–Crippen MR) is 82.0 cm³/mol. The fourth-order valence-electron chi connectivity index (χ4n) is 1.93. The lowest BCUT2D eigenvalue weighted by molar-refractivity contribution is 0.548. The molecule has 0 aliphatic heterocycles. The summed E-state index contributed by atoms with van der Waals surface area (Å²) >= 11 is 3.36. The summed E-state index contributed by atoms with van der Waals surface area (Å²) in [6.45, 7) is 6.53. The van der Waals surface area contributed by atoms with Gasteiger partial charge in [0, 0.05) is 22.8 Å². The second kappa shape index (κ2) is 6.99. The van der Waals surface area contributed by atoms with Crippen LogP contribution in [0, 0.1) is 11.7 Å². The van der Waals surface area contributed by atoms with E-state index in [0.29, 0.717) is 18.0 Å². The highest BCUT2D eigenvalue weighted by molar-refractivity contribution is 9.10. The van der Waals surface area contributed by atoms with Crippen LogP contribution in [0.3, 0.4) is 0 Å². The molecule has 2 rings (SSSR count). The second-order valence-electron chi connectivity index (χ2n) is 5.30. The molecule has 0 aliphatic carbocycles. The monoisotopic (exact) mass is 339 g/mol. The fraction of sp³-hybridized carbons (Fsp3) is 0.400. The van der Waals surface area contributed by atoms with Crippen molar-refractivity contribution in [3.8, 4) is 0 Å². The van der Waals surface area contributed by atoms with Crippen molar-refractivity contribution in [1.82, 2.24) is 14.9 Å². The van der Waals surface area contributed by atoms with E-state index in [4.69, 9.17) is 0 Å². The third-order valence-electron chi connectivity index (χ3n) is 2.91. The Morgan fingerprint density at radius 3 is 2.95 bits per heavy atom. The molecule has 0 fully saturated rings. The molecule has 2 aromatic rings. The lowest BCUT2D eigenvalue weighted by Gasteiger charge is -2.06. The highest BCUT2D eigenvalue weighted by atomic mass is 79.9. The van der Waals surface area contributed by atoms with Crippen LogP contribution in [0.4, 0.5) is 4.39 Å². The number of benzene rings is 1. The van der Waals surface area contributed by atoms with E-state index in [1.165, 1.54) is 6.07 Å². The quantitative estimate of drug-likeness (QED) is 0.871. The number of nitrogens with zero attached hydrogens (tertiary/aromatic N) is 2. The first-order valence-corrected chi connectivity index (χ1v) is 7.49. The molecule has 1 aromatic heterocycles. The van der Waals surface area contributed by atoms with E-state index in [2.05, 4.69) is 40.1 Å². The number of hydrogen-bond donors (Lipinski definition) is 1. The minimum atomic E-state index is -0.193. The van der Waals surface area contributed by atoms with Crippen LogP contribution in [0.15, 0.2) is 35.2 Å². The molecule has 3 nitrogen and oxygen atoms in total. The van der Waals surface area contributed by atoms with Crippen molar-refractivity contribution in [3.63, 3.8) is 0 Å². The second-order valence-corrected chi connectivity index (χ2v) is 6.21. The predicted octanol–water partition coefficient (Wildman–Crippen LogP) is 3.58. The summed E-state index contributed by atoms with van der Waals surface area (Å²) in [5, 5.41) is 3.34. The van der Waals surface area contributed by atoms with Gasteiger partial charge >= 0.3 is 0 Å². The summed E-state index contributed by atoms with van der Waals surface area (Å²) in [4.78, 5) is 4.33. The molecule has 0 saturated heterocycles. The Morgan fingerprint density at radius 2 is 2.20 bits per heavy atom. The molecule has 108 valence electrons. The molecule has 0 unspecified atom stereocenters. The third kappa shape index (κ3) is 4.42. The SMILES string of the molecule is CC(C)CNCc1cn(Cc2cc(Br)ccc2F)cn1. The van der Waals surface area contributed by atoms with Gasteiger partial charge in [-0.05, 0) is 30.7 Å². The Morgan fingerprint density at radius 1 is 1.40 bits per heavy atom. The first-order chi connectivity index (χ1) is 9.54. The molecule has 0 atom stereocenters. The summed E-state index contributed by atoms with van der Waals surface area (Å²) < 4.78 is 16.5. The van der Waals surface area contributed by atoms with Gasteiger partial charge in [-0.3, -0.25) is 0 Å². The molecule has 0 bridgehead atoms. The normalized spacial score (nSPS) is 11.2. The number of halogens is 2. The maximum absolute atomic E-state index is 13.7. The summed E-state index contributed by atoms with van der Waals surface area (Å²) in [6.07, 6.45) is 3.69. The Labute approximate surface area is 127 Å². The van der Waals surface area contributed by atoms with Crippen molar-refractivity contribution in [2.24, 2.45) is 5.92 Å². The smallest absolute Gasteiger partial charge is 0.128 e. The van der Waals surface area contributed by atoms with Crippen molar-refractivity contribution >= 4 is 15.9 Å². The van der Waals surface area contributed by atoms with Crippen LogP contribution in [0.1, 0.15) is 25.1 Å².